The second kappa shape index (κ2) is 2.79. The molecular formula is C10H12NO. The molecule has 0 N–H and O–H groups in total. The van der Waals surface area contributed by atoms with Crippen molar-refractivity contribution in [2.24, 2.45) is 0 Å². The molecule has 0 saturated heterocycles. The Morgan fingerprint density at radius 3 is 2.92 bits per heavy atom. The average molecular weight is 162 g/mol. The highest BCUT2D eigenvalue weighted by Crippen LogP contribution is 2.28. The normalized spacial score (nSPS) is 14.5. The van der Waals surface area contributed by atoms with Crippen LogP contribution in [0, 0.1) is 6.92 Å². The topological polar surface area (TPSA) is 23.3 Å². The highest BCUT2D eigenvalue weighted by atomic mass is 16.5. The Hall–Kier alpha value is -1.02. The van der Waals surface area contributed by atoms with Gasteiger partial charge in [-0.3, -0.25) is 0 Å². The lowest BCUT2D eigenvalue weighted by Crippen LogP contribution is -1.92. The number of nitrogens with zero attached hydrogens (tertiary/aromatic N) is 1. The van der Waals surface area contributed by atoms with Crippen LogP contribution in [0.4, 0.5) is 0 Å². The highest BCUT2D eigenvalue weighted by molar-refractivity contribution is 5.45. The predicted octanol–water partition coefficient (Wildman–Crippen LogP) is 1.62. The van der Waals surface area contributed by atoms with Gasteiger partial charge in [-0.15, -0.1) is 0 Å². The van der Waals surface area contributed by atoms with Crippen LogP contribution in [0.5, 0.6) is 5.75 Å². The van der Waals surface area contributed by atoms with E-state index in [0.29, 0.717) is 0 Å². The van der Waals surface area contributed by atoms with Crippen LogP contribution in [-0.2, 0) is 13.1 Å². The third kappa shape index (κ3) is 1.08. The molecule has 1 heterocycles. The standard InChI is InChI=1S/C10H12NO/c1-7-3-8-5-11-6-9(8)10(4-7)12-2/h3-4H,5-6H2,1-2H3. The summed E-state index contributed by atoms with van der Waals surface area (Å²) in [6.45, 7) is 3.76. The molecule has 12 heavy (non-hydrogen) atoms. The lowest BCUT2D eigenvalue weighted by atomic mass is 10.1. The number of ether oxygens (including phenoxy) is 1. The van der Waals surface area contributed by atoms with Crippen LogP contribution >= 0.6 is 0 Å². The summed E-state index contributed by atoms with van der Waals surface area (Å²) in [7, 11) is 1.72. The molecule has 63 valence electrons. The first-order chi connectivity index (χ1) is 5.81. The molecule has 0 bridgehead atoms. The van der Waals surface area contributed by atoms with Crippen molar-refractivity contribution in [3.63, 3.8) is 0 Å². The smallest absolute Gasteiger partial charge is 0.124 e. The van der Waals surface area contributed by atoms with Crippen LogP contribution in [0.1, 0.15) is 16.7 Å². The van der Waals surface area contributed by atoms with Gasteiger partial charge in [-0.2, -0.15) is 0 Å². The SMILES string of the molecule is COc1cc(C)cc2c1C[N]C2. The fourth-order valence-corrected chi connectivity index (χ4v) is 1.65. The zero-order valence-corrected chi connectivity index (χ0v) is 7.42. The first-order valence-electron chi connectivity index (χ1n) is 4.11. The molecule has 1 aliphatic rings. The molecular weight excluding hydrogens is 150 g/mol. The molecule has 2 nitrogen and oxygen atoms in total. The Morgan fingerprint density at radius 1 is 1.33 bits per heavy atom. The number of hydrogen-bond acceptors (Lipinski definition) is 1. The van der Waals surface area contributed by atoms with Gasteiger partial charge in [0.05, 0.1) is 7.11 Å². The van der Waals surface area contributed by atoms with Gasteiger partial charge in [0.1, 0.15) is 5.75 Å². The number of hydrogen-bond donors (Lipinski definition) is 0. The number of fused-ring (bicyclic) bond motifs is 1. The van der Waals surface area contributed by atoms with Crippen molar-refractivity contribution in [3.05, 3.63) is 28.8 Å². The summed E-state index contributed by atoms with van der Waals surface area (Å²) in [6, 6.07) is 4.26. The van der Waals surface area contributed by atoms with Crippen molar-refractivity contribution in [3.8, 4) is 5.75 Å². The lowest BCUT2D eigenvalue weighted by molar-refractivity contribution is 0.409. The van der Waals surface area contributed by atoms with Crippen LogP contribution in [0.3, 0.4) is 0 Å². The van der Waals surface area contributed by atoms with E-state index in [4.69, 9.17) is 4.74 Å². The van der Waals surface area contributed by atoms with Crippen LogP contribution in [0.15, 0.2) is 12.1 Å². The lowest BCUT2D eigenvalue weighted by Gasteiger charge is -2.07. The third-order valence-corrected chi connectivity index (χ3v) is 2.22. The van der Waals surface area contributed by atoms with Gasteiger partial charge in [-0.25, -0.2) is 5.32 Å². The Balaban J connectivity index is 2.55. The second-order valence-electron chi connectivity index (χ2n) is 3.14. The van der Waals surface area contributed by atoms with Gasteiger partial charge in [0.15, 0.2) is 0 Å². The van der Waals surface area contributed by atoms with E-state index in [-0.39, 0.29) is 0 Å². The molecule has 2 heteroatoms. The first-order valence-corrected chi connectivity index (χ1v) is 4.11. The van der Waals surface area contributed by atoms with Crippen molar-refractivity contribution < 1.29 is 4.74 Å². The number of rotatable bonds is 1. The van der Waals surface area contributed by atoms with E-state index in [1.165, 1.54) is 16.7 Å². The Morgan fingerprint density at radius 2 is 2.17 bits per heavy atom. The van der Waals surface area contributed by atoms with Gasteiger partial charge >= 0.3 is 0 Å². The predicted molar refractivity (Wildman–Crippen MR) is 47.3 cm³/mol. The Bertz CT molecular complexity index is 307. The molecule has 0 saturated carbocycles. The van der Waals surface area contributed by atoms with E-state index in [0.717, 1.165) is 18.8 Å². The zero-order chi connectivity index (χ0) is 8.55. The van der Waals surface area contributed by atoms with E-state index in [1.807, 2.05) is 0 Å². The Kier molecular flexibility index (Phi) is 1.77. The van der Waals surface area contributed by atoms with Crippen molar-refractivity contribution in [2.75, 3.05) is 7.11 Å². The molecule has 0 fully saturated rings. The molecule has 0 aromatic heterocycles. The van der Waals surface area contributed by atoms with E-state index in [1.54, 1.807) is 7.11 Å². The minimum atomic E-state index is 0.818. The third-order valence-electron chi connectivity index (χ3n) is 2.22. The van der Waals surface area contributed by atoms with Gasteiger partial charge < -0.3 is 4.74 Å². The fraction of sp³-hybridized carbons (Fsp3) is 0.400. The van der Waals surface area contributed by atoms with Crippen LogP contribution in [0.2, 0.25) is 0 Å². The van der Waals surface area contributed by atoms with Gasteiger partial charge in [-0.1, -0.05) is 6.07 Å². The minimum Gasteiger partial charge on any atom is -0.496 e. The van der Waals surface area contributed by atoms with Gasteiger partial charge in [0.25, 0.3) is 0 Å². The molecule has 0 aliphatic carbocycles. The Labute approximate surface area is 72.5 Å². The maximum absolute atomic E-state index is 5.28. The van der Waals surface area contributed by atoms with E-state index in [9.17, 15) is 0 Å². The number of benzene rings is 1. The summed E-state index contributed by atoms with van der Waals surface area (Å²) < 4.78 is 5.28. The van der Waals surface area contributed by atoms with E-state index in [2.05, 4.69) is 24.4 Å². The molecule has 2 rings (SSSR count). The summed E-state index contributed by atoms with van der Waals surface area (Å²) in [6.07, 6.45) is 0. The molecule has 1 aliphatic heterocycles. The van der Waals surface area contributed by atoms with Gasteiger partial charge in [0.2, 0.25) is 0 Å². The summed E-state index contributed by atoms with van der Waals surface area (Å²) in [5.41, 5.74) is 3.85. The van der Waals surface area contributed by atoms with Crippen LogP contribution < -0.4 is 10.1 Å². The second-order valence-corrected chi connectivity index (χ2v) is 3.14. The fourth-order valence-electron chi connectivity index (χ4n) is 1.65. The van der Waals surface area contributed by atoms with Crippen molar-refractivity contribution in [1.29, 1.82) is 0 Å². The molecule has 1 aromatic carbocycles. The molecule has 0 amide bonds. The maximum Gasteiger partial charge on any atom is 0.124 e. The van der Waals surface area contributed by atoms with Crippen molar-refractivity contribution >= 4 is 0 Å². The van der Waals surface area contributed by atoms with Gasteiger partial charge in [-0.05, 0) is 24.1 Å². The molecule has 1 radical (unpaired) electrons. The monoisotopic (exact) mass is 162 g/mol. The average Bonchev–Trinajstić information content (AvgIpc) is 2.50. The molecule has 1 aromatic rings. The number of aryl methyl sites for hydroxylation is 1. The molecule has 0 spiro atoms. The van der Waals surface area contributed by atoms with Crippen molar-refractivity contribution in [2.45, 2.75) is 20.0 Å². The minimum absolute atomic E-state index is 0.818. The van der Waals surface area contributed by atoms with Gasteiger partial charge in [0, 0.05) is 18.7 Å². The van der Waals surface area contributed by atoms with Crippen molar-refractivity contribution in [1.82, 2.24) is 5.32 Å². The largest absolute Gasteiger partial charge is 0.496 e. The first kappa shape index (κ1) is 7.62. The highest BCUT2D eigenvalue weighted by Gasteiger charge is 2.15. The zero-order valence-electron chi connectivity index (χ0n) is 7.42. The quantitative estimate of drug-likeness (QED) is 0.615. The van der Waals surface area contributed by atoms with Crippen LogP contribution in [0.25, 0.3) is 0 Å². The summed E-state index contributed by atoms with van der Waals surface area (Å²) in [5.74, 6) is 0.992. The number of methoxy groups -OCH3 is 1. The maximum atomic E-state index is 5.28. The van der Waals surface area contributed by atoms with E-state index < -0.39 is 0 Å². The molecule has 0 unspecified atom stereocenters. The summed E-state index contributed by atoms with van der Waals surface area (Å²) in [4.78, 5) is 0. The van der Waals surface area contributed by atoms with Crippen LogP contribution in [-0.4, -0.2) is 7.11 Å². The molecule has 0 atom stereocenters. The van der Waals surface area contributed by atoms with E-state index >= 15 is 0 Å². The summed E-state index contributed by atoms with van der Waals surface area (Å²) >= 11 is 0. The summed E-state index contributed by atoms with van der Waals surface area (Å²) in [5, 5.41) is 4.32.